The number of nitrogens with one attached hydrogen (secondary N) is 1. The number of rotatable bonds is 4. The van der Waals surface area contributed by atoms with Gasteiger partial charge in [0.1, 0.15) is 5.75 Å². The van der Waals surface area contributed by atoms with E-state index in [1.807, 2.05) is 0 Å². The van der Waals surface area contributed by atoms with Gasteiger partial charge in [0, 0.05) is 12.1 Å². The minimum absolute atomic E-state index is 0.0137. The number of ether oxygens (including phenoxy) is 2. The average molecular weight is 294 g/mol. The average Bonchev–Trinajstić information content (AvgIpc) is 2.79. The predicted octanol–water partition coefficient (Wildman–Crippen LogP) is 0.696. The number of carboxylic acid groups (broad SMARTS) is 1. The Balaban J connectivity index is 2.30. The van der Waals surface area contributed by atoms with Crippen molar-refractivity contribution in [2.45, 2.75) is 13.0 Å². The van der Waals surface area contributed by atoms with Crippen LogP contribution in [-0.2, 0) is 9.53 Å². The molecule has 1 saturated heterocycles. The number of methoxy groups -OCH3 is 1. The molecule has 2 rings (SSSR count). The van der Waals surface area contributed by atoms with E-state index < -0.39 is 17.4 Å². The van der Waals surface area contributed by atoms with Gasteiger partial charge in [0.05, 0.1) is 37.0 Å². The summed E-state index contributed by atoms with van der Waals surface area (Å²) < 4.78 is 10.3. The van der Waals surface area contributed by atoms with Gasteiger partial charge in [0.15, 0.2) is 0 Å². The van der Waals surface area contributed by atoms with Crippen LogP contribution in [-0.4, -0.2) is 43.3 Å². The fraction of sp³-hybridized carbons (Fsp3) is 0.429. The van der Waals surface area contributed by atoms with Crippen LogP contribution in [0.5, 0.6) is 5.75 Å². The lowest BCUT2D eigenvalue weighted by Crippen LogP contribution is -2.47. The van der Waals surface area contributed by atoms with E-state index in [-0.39, 0.29) is 23.8 Å². The summed E-state index contributed by atoms with van der Waals surface area (Å²) in [5, 5.41) is 11.8. The highest BCUT2D eigenvalue weighted by molar-refractivity contribution is 6.03. The summed E-state index contributed by atoms with van der Waals surface area (Å²) >= 11 is 0. The van der Waals surface area contributed by atoms with Crippen LogP contribution in [0.25, 0.3) is 0 Å². The van der Waals surface area contributed by atoms with E-state index in [1.54, 1.807) is 6.92 Å². The van der Waals surface area contributed by atoms with E-state index in [4.69, 9.17) is 15.2 Å². The fourth-order valence-corrected chi connectivity index (χ4v) is 2.13. The standard InChI is InChI=1S/C14H18N2O5/c1-14(7-21-6-11(14)15)13(19)16-10-5-8(20-2)3-4-9(10)12(17)18/h3-5,11H,6-7,15H2,1-2H3,(H,16,19)(H,17,18). The van der Waals surface area contributed by atoms with Gasteiger partial charge in [-0.2, -0.15) is 0 Å². The highest BCUT2D eigenvalue weighted by Gasteiger charge is 2.44. The first kappa shape index (κ1) is 15.3. The van der Waals surface area contributed by atoms with Crippen LogP contribution in [0.3, 0.4) is 0 Å². The Morgan fingerprint density at radius 1 is 1.52 bits per heavy atom. The molecule has 114 valence electrons. The molecule has 0 aromatic heterocycles. The second-order valence-corrected chi connectivity index (χ2v) is 5.21. The minimum Gasteiger partial charge on any atom is -0.497 e. The van der Waals surface area contributed by atoms with Gasteiger partial charge in [-0.3, -0.25) is 4.79 Å². The molecule has 0 bridgehead atoms. The van der Waals surface area contributed by atoms with Crippen molar-refractivity contribution in [3.63, 3.8) is 0 Å². The summed E-state index contributed by atoms with van der Waals surface area (Å²) in [7, 11) is 1.46. The van der Waals surface area contributed by atoms with Crippen LogP contribution >= 0.6 is 0 Å². The number of benzene rings is 1. The van der Waals surface area contributed by atoms with Gasteiger partial charge in [0.2, 0.25) is 5.91 Å². The van der Waals surface area contributed by atoms with Gasteiger partial charge < -0.3 is 25.6 Å². The molecule has 1 fully saturated rings. The molecule has 2 unspecified atom stereocenters. The minimum atomic E-state index is -1.13. The molecule has 7 heteroatoms. The zero-order chi connectivity index (χ0) is 15.6. The highest BCUT2D eigenvalue weighted by Crippen LogP contribution is 2.30. The van der Waals surface area contributed by atoms with Crippen LogP contribution in [0, 0.1) is 5.41 Å². The molecule has 1 aromatic carbocycles. The number of nitrogens with two attached hydrogens (primary N) is 1. The number of hydrogen-bond donors (Lipinski definition) is 3. The van der Waals surface area contributed by atoms with Crippen molar-refractivity contribution in [3.05, 3.63) is 23.8 Å². The number of carbonyl (C=O) groups excluding carboxylic acids is 1. The maximum Gasteiger partial charge on any atom is 0.337 e. The number of aromatic carboxylic acids is 1. The second kappa shape index (κ2) is 5.71. The molecule has 1 aromatic rings. The third-order valence-corrected chi connectivity index (χ3v) is 3.74. The normalized spacial score (nSPS) is 24.6. The lowest BCUT2D eigenvalue weighted by atomic mass is 9.84. The molecule has 0 spiro atoms. The Labute approximate surface area is 122 Å². The van der Waals surface area contributed by atoms with E-state index in [9.17, 15) is 14.7 Å². The zero-order valence-corrected chi connectivity index (χ0v) is 11.9. The van der Waals surface area contributed by atoms with Gasteiger partial charge in [-0.1, -0.05) is 0 Å². The smallest absolute Gasteiger partial charge is 0.337 e. The van der Waals surface area contributed by atoms with Gasteiger partial charge in [-0.15, -0.1) is 0 Å². The molecule has 0 radical (unpaired) electrons. The first-order valence-corrected chi connectivity index (χ1v) is 6.44. The molecular formula is C14H18N2O5. The summed E-state index contributed by atoms with van der Waals surface area (Å²) in [4.78, 5) is 23.6. The van der Waals surface area contributed by atoms with Gasteiger partial charge in [0.25, 0.3) is 0 Å². The number of carboxylic acids is 1. The van der Waals surface area contributed by atoms with Crippen molar-refractivity contribution in [2.24, 2.45) is 11.1 Å². The molecule has 1 aliphatic rings. The predicted molar refractivity (Wildman–Crippen MR) is 75.5 cm³/mol. The molecule has 1 amide bonds. The second-order valence-electron chi connectivity index (χ2n) is 5.21. The molecule has 0 aliphatic carbocycles. The molecule has 2 atom stereocenters. The van der Waals surface area contributed by atoms with Crippen LogP contribution < -0.4 is 15.8 Å². The molecule has 0 saturated carbocycles. The van der Waals surface area contributed by atoms with E-state index in [2.05, 4.69) is 5.32 Å². The number of hydrogen-bond acceptors (Lipinski definition) is 5. The number of anilines is 1. The Morgan fingerprint density at radius 3 is 2.76 bits per heavy atom. The first-order valence-electron chi connectivity index (χ1n) is 6.44. The molecule has 4 N–H and O–H groups in total. The largest absolute Gasteiger partial charge is 0.497 e. The van der Waals surface area contributed by atoms with E-state index in [0.29, 0.717) is 12.4 Å². The summed E-state index contributed by atoms with van der Waals surface area (Å²) in [5.41, 5.74) is 5.16. The van der Waals surface area contributed by atoms with Crippen LogP contribution in [0.15, 0.2) is 18.2 Å². The third-order valence-electron chi connectivity index (χ3n) is 3.74. The van der Waals surface area contributed by atoms with Gasteiger partial charge >= 0.3 is 5.97 Å². The lowest BCUT2D eigenvalue weighted by Gasteiger charge is -2.25. The quantitative estimate of drug-likeness (QED) is 0.753. The van der Waals surface area contributed by atoms with Crippen LogP contribution in [0.4, 0.5) is 5.69 Å². The Morgan fingerprint density at radius 2 is 2.24 bits per heavy atom. The molecule has 1 aliphatic heterocycles. The fourth-order valence-electron chi connectivity index (χ4n) is 2.13. The summed E-state index contributed by atoms with van der Waals surface area (Å²) in [6.07, 6.45) is 0. The van der Waals surface area contributed by atoms with E-state index in [1.165, 1.54) is 25.3 Å². The summed E-state index contributed by atoms with van der Waals surface area (Å²) in [5.74, 6) is -1.05. The Kier molecular flexibility index (Phi) is 4.15. The topological polar surface area (TPSA) is 111 Å². The van der Waals surface area contributed by atoms with Crippen LogP contribution in [0.1, 0.15) is 17.3 Å². The summed E-state index contributed by atoms with van der Waals surface area (Å²) in [6.45, 7) is 2.20. The van der Waals surface area contributed by atoms with Gasteiger partial charge in [-0.25, -0.2) is 4.79 Å². The SMILES string of the molecule is COc1ccc(C(=O)O)c(NC(=O)C2(C)COCC2N)c1. The van der Waals surface area contributed by atoms with Crippen molar-refractivity contribution in [3.8, 4) is 5.75 Å². The van der Waals surface area contributed by atoms with Crippen molar-refractivity contribution in [1.82, 2.24) is 0 Å². The van der Waals surface area contributed by atoms with E-state index in [0.717, 1.165) is 0 Å². The van der Waals surface area contributed by atoms with Gasteiger partial charge in [-0.05, 0) is 19.1 Å². The first-order chi connectivity index (χ1) is 9.88. The lowest BCUT2D eigenvalue weighted by molar-refractivity contribution is -0.125. The maximum atomic E-state index is 12.4. The van der Waals surface area contributed by atoms with Crippen molar-refractivity contribution >= 4 is 17.6 Å². The molecule has 21 heavy (non-hydrogen) atoms. The third kappa shape index (κ3) is 2.84. The highest BCUT2D eigenvalue weighted by atomic mass is 16.5. The van der Waals surface area contributed by atoms with Crippen molar-refractivity contribution < 1.29 is 24.2 Å². The number of carbonyl (C=O) groups is 2. The molecule has 7 nitrogen and oxygen atoms in total. The Hall–Kier alpha value is -2.12. The zero-order valence-electron chi connectivity index (χ0n) is 11.9. The molecular weight excluding hydrogens is 276 g/mol. The monoisotopic (exact) mass is 294 g/mol. The maximum absolute atomic E-state index is 12.4. The number of amides is 1. The molecule has 1 heterocycles. The van der Waals surface area contributed by atoms with Crippen molar-refractivity contribution in [2.75, 3.05) is 25.6 Å². The summed E-state index contributed by atoms with van der Waals surface area (Å²) in [6, 6.07) is 3.93. The Bertz CT molecular complexity index is 574. The van der Waals surface area contributed by atoms with Crippen molar-refractivity contribution in [1.29, 1.82) is 0 Å². The van der Waals surface area contributed by atoms with Crippen LogP contribution in [0.2, 0.25) is 0 Å². The van der Waals surface area contributed by atoms with E-state index >= 15 is 0 Å².